The standard InChI is InChI=1S/C25H32ClN7/c1-6-8-20(9-7-2)23-21-22(26)25(33-18(3)10-11-19(33)4)28-27-24(21)32(29-23)17-16-31-14-12-30(5)13-15-31/h6-11H,1,12-17H2,2-5H3. The third-order valence-corrected chi connectivity index (χ3v) is 6.56. The SMILES string of the molecule is C=CC=C(C=CC)c1nn(CCN2CCN(C)CC2)c2nnc(-n3c(C)ccc3C)c(Cl)c12. The molecule has 3 aromatic rings. The molecule has 8 heteroatoms. The molecule has 1 fully saturated rings. The molecule has 0 spiro atoms. The molecule has 4 rings (SSSR count). The molecule has 0 saturated carbocycles. The molecule has 0 N–H and O–H groups in total. The van der Waals surface area contributed by atoms with Gasteiger partial charge in [-0.1, -0.05) is 42.5 Å². The van der Waals surface area contributed by atoms with E-state index in [0.717, 1.165) is 67.3 Å². The molecule has 0 atom stereocenters. The number of aryl methyl sites for hydroxylation is 2. The van der Waals surface area contributed by atoms with E-state index in [-0.39, 0.29) is 0 Å². The van der Waals surface area contributed by atoms with E-state index in [1.165, 1.54) is 0 Å². The molecule has 33 heavy (non-hydrogen) atoms. The van der Waals surface area contributed by atoms with Crippen molar-refractivity contribution in [1.82, 2.24) is 34.3 Å². The Morgan fingerprint density at radius 3 is 2.42 bits per heavy atom. The maximum atomic E-state index is 7.04. The van der Waals surface area contributed by atoms with Gasteiger partial charge in [0.2, 0.25) is 0 Å². The van der Waals surface area contributed by atoms with E-state index in [1.54, 1.807) is 6.08 Å². The number of allylic oxidation sites excluding steroid dienone is 5. The second-order valence-corrected chi connectivity index (χ2v) is 8.94. The van der Waals surface area contributed by atoms with Gasteiger partial charge in [0.25, 0.3) is 0 Å². The third kappa shape index (κ3) is 4.67. The Bertz CT molecular complexity index is 1190. The van der Waals surface area contributed by atoms with Crippen LogP contribution < -0.4 is 0 Å². The smallest absolute Gasteiger partial charge is 0.182 e. The van der Waals surface area contributed by atoms with E-state index in [0.29, 0.717) is 16.5 Å². The van der Waals surface area contributed by atoms with Crippen LogP contribution in [0.15, 0.2) is 43.0 Å². The van der Waals surface area contributed by atoms with Gasteiger partial charge in [0, 0.05) is 49.7 Å². The minimum atomic E-state index is 0.558. The van der Waals surface area contributed by atoms with Crippen LogP contribution in [0, 0.1) is 13.8 Å². The molecule has 1 aliphatic rings. The summed E-state index contributed by atoms with van der Waals surface area (Å²) in [5.74, 6) is 0.627. The summed E-state index contributed by atoms with van der Waals surface area (Å²) in [5, 5.41) is 15.5. The highest BCUT2D eigenvalue weighted by Gasteiger charge is 2.23. The summed E-state index contributed by atoms with van der Waals surface area (Å²) in [6.07, 6.45) is 7.74. The van der Waals surface area contributed by atoms with Crippen molar-refractivity contribution in [3.63, 3.8) is 0 Å². The quantitative estimate of drug-likeness (QED) is 0.487. The van der Waals surface area contributed by atoms with Gasteiger partial charge in [0.1, 0.15) is 5.69 Å². The minimum absolute atomic E-state index is 0.558. The van der Waals surface area contributed by atoms with E-state index in [4.69, 9.17) is 16.7 Å². The van der Waals surface area contributed by atoms with Gasteiger partial charge in [0.05, 0.1) is 17.0 Å². The van der Waals surface area contributed by atoms with Crippen molar-refractivity contribution in [2.75, 3.05) is 39.8 Å². The van der Waals surface area contributed by atoms with Crippen LogP contribution >= 0.6 is 11.6 Å². The lowest BCUT2D eigenvalue weighted by molar-refractivity contribution is 0.149. The zero-order valence-corrected chi connectivity index (χ0v) is 20.7. The zero-order valence-electron chi connectivity index (χ0n) is 19.9. The summed E-state index contributed by atoms with van der Waals surface area (Å²) < 4.78 is 3.98. The Balaban J connectivity index is 1.82. The summed E-state index contributed by atoms with van der Waals surface area (Å²) in [6, 6.07) is 4.11. The summed E-state index contributed by atoms with van der Waals surface area (Å²) in [7, 11) is 2.17. The van der Waals surface area contributed by atoms with E-state index < -0.39 is 0 Å². The van der Waals surface area contributed by atoms with E-state index in [2.05, 4.69) is 45.8 Å². The molecule has 1 aliphatic heterocycles. The molecular formula is C25H32ClN7. The summed E-state index contributed by atoms with van der Waals surface area (Å²) in [4.78, 5) is 4.83. The third-order valence-electron chi connectivity index (χ3n) is 6.20. The van der Waals surface area contributed by atoms with Gasteiger partial charge in [-0.3, -0.25) is 4.90 Å². The predicted octanol–water partition coefficient (Wildman–Crippen LogP) is 4.28. The first kappa shape index (κ1) is 23.4. The molecule has 0 unspecified atom stereocenters. The highest BCUT2D eigenvalue weighted by Crippen LogP contribution is 2.34. The number of piperazine rings is 1. The molecule has 0 aliphatic carbocycles. The molecule has 4 heterocycles. The van der Waals surface area contributed by atoms with Crippen molar-refractivity contribution in [2.45, 2.75) is 27.3 Å². The number of rotatable bonds is 7. The van der Waals surface area contributed by atoms with Crippen LogP contribution in [0.5, 0.6) is 0 Å². The molecular weight excluding hydrogens is 434 g/mol. The number of fused-ring (bicyclic) bond motifs is 1. The Kier molecular flexibility index (Phi) is 7.12. The first-order chi connectivity index (χ1) is 15.9. The predicted molar refractivity (Wildman–Crippen MR) is 136 cm³/mol. The second-order valence-electron chi connectivity index (χ2n) is 8.56. The van der Waals surface area contributed by atoms with Crippen LogP contribution in [0.25, 0.3) is 22.4 Å². The van der Waals surface area contributed by atoms with Gasteiger partial charge in [-0.15, -0.1) is 10.2 Å². The Hall–Kier alpha value is -2.74. The number of halogens is 1. The lowest BCUT2D eigenvalue weighted by Crippen LogP contribution is -2.45. The summed E-state index contributed by atoms with van der Waals surface area (Å²) in [5.41, 5.74) is 4.56. The van der Waals surface area contributed by atoms with Gasteiger partial charge in [-0.05, 0) is 40.0 Å². The van der Waals surface area contributed by atoms with E-state index >= 15 is 0 Å². The van der Waals surface area contributed by atoms with Crippen LogP contribution in [-0.4, -0.2) is 74.1 Å². The van der Waals surface area contributed by atoms with Crippen molar-refractivity contribution in [2.24, 2.45) is 0 Å². The van der Waals surface area contributed by atoms with Crippen LogP contribution in [0.1, 0.15) is 24.0 Å². The van der Waals surface area contributed by atoms with Gasteiger partial charge < -0.3 is 9.47 Å². The Morgan fingerprint density at radius 2 is 1.79 bits per heavy atom. The van der Waals surface area contributed by atoms with Crippen LogP contribution in [0.4, 0.5) is 0 Å². The average Bonchev–Trinajstić information content (AvgIpc) is 3.34. The normalized spacial score (nSPS) is 16.3. The largest absolute Gasteiger partial charge is 0.304 e. The van der Waals surface area contributed by atoms with Crippen molar-refractivity contribution >= 4 is 28.2 Å². The molecule has 0 bridgehead atoms. The summed E-state index contributed by atoms with van der Waals surface area (Å²) in [6.45, 7) is 15.9. The van der Waals surface area contributed by atoms with Crippen LogP contribution in [-0.2, 0) is 6.54 Å². The van der Waals surface area contributed by atoms with Gasteiger partial charge in [-0.25, -0.2) is 4.68 Å². The van der Waals surface area contributed by atoms with Crippen molar-refractivity contribution in [3.05, 3.63) is 65.1 Å². The van der Waals surface area contributed by atoms with Crippen molar-refractivity contribution < 1.29 is 0 Å². The van der Waals surface area contributed by atoms with Crippen molar-refractivity contribution in [1.29, 1.82) is 0 Å². The number of hydrogen-bond acceptors (Lipinski definition) is 5. The lowest BCUT2D eigenvalue weighted by Gasteiger charge is -2.32. The number of hydrogen-bond donors (Lipinski definition) is 0. The molecule has 174 valence electrons. The van der Waals surface area contributed by atoms with Gasteiger partial charge in [-0.2, -0.15) is 5.10 Å². The summed E-state index contributed by atoms with van der Waals surface area (Å²) >= 11 is 7.04. The zero-order chi connectivity index (χ0) is 23.5. The first-order valence-corrected chi connectivity index (χ1v) is 11.8. The lowest BCUT2D eigenvalue weighted by atomic mass is 10.1. The van der Waals surface area contributed by atoms with Crippen LogP contribution in [0.2, 0.25) is 5.02 Å². The molecule has 3 aromatic heterocycles. The average molecular weight is 466 g/mol. The molecule has 0 aromatic carbocycles. The van der Waals surface area contributed by atoms with Gasteiger partial charge >= 0.3 is 0 Å². The molecule has 7 nitrogen and oxygen atoms in total. The first-order valence-electron chi connectivity index (χ1n) is 11.4. The maximum Gasteiger partial charge on any atom is 0.182 e. The fraction of sp³-hybridized carbons (Fsp3) is 0.400. The minimum Gasteiger partial charge on any atom is -0.304 e. The number of likely N-dealkylation sites (N-methyl/N-ethyl adjacent to an activating group) is 1. The molecule has 0 radical (unpaired) electrons. The van der Waals surface area contributed by atoms with E-state index in [9.17, 15) is 0 Å². The molecule has 0 amide bonds. The molecule has 1 saturated heterocycles. The second kappa shape index (κ2) is 10.0. The van der Waals surface area contributed by atoms with Crippen molar-refractivity contribution in [3.8, 4) is 5.82 Å². The fourth-order valence-electron chi connectivity index (χ4n) is 4.34. The monoisotopic (exact) mass is 465 g/mol. The maximum absolute atomic E-state index is 7.04. The van der Waals surface area contributed by atoms with Crippen LogP contribution in [0.3, 0.4) is 0 Å². The highest BCUT2D eigenvalue weighted by molar-refractivity contribution is 6.37. The Morgan fingerprint density at radius 1 is 1.09 bits per heavy atom. The highest BCUT2D eigenvalue weighted by atomic mass is 35.5. The fourth-order valence-corrected chi connectivity index (χ4v) is 4.63. The Labute approximate surface area is 200 Å². The van der Waals surface area contributed by atoms with E-state index in [1.807, 2.05) is 48.2 Å². The number of nitrogens with zero attached hydrogens (tertiary/aromatic N) is 7. The van der Waals surface area contributed by atoms with Gasteiger partial charge in [0.15, 0.2) is 11.5 Å². The number of aromatic nitrogens is 5. The topological polar surface area (TPSA) is 55.0 Å².